The van der Waals surface area contributed by atoms with Crippen LogP contribution in [0.5, 0.6) is 0 Å². The molecule has 0 aliphatic carbocycles. The molecule has 0 spiro atoms. The van der Waals surface area contributed by atoms with Crippen molar-refractivity contribution < 1.29 is 23.9 Å². The van der Waals surface area contributed by atoms with E-state index in [2.05, 4.69) is 23.3 Å². The number of carbonyl (C=O) groups is 3. The Morgan fingerprint density at radius 2 is 1.43 bits per heavy atom. The Morgan fingerprint density at radius 1 is 0.957 bits per heavy atom. The van der Waals surface area contributed by atoms with Crippen LogP contribution < -0.4 is 10.6 Å². The molecule has 0 bridgehead atoms. The maximum absolute atomic E-state index is 11.7. The average Bonchev–Trinajstić information content (AvgIpc) is 2.27. The zero-order valence-corrected chi connectivity index (χ0v) is 15.6. The Labute approximate surface area is 143 Å². The zero-order valence-electron chi connectivity index (χ0n) is 14.7. The number of ether oxygens (including phenoxy) is 2. The van der Waals surface area contributed by atoms with Crippen LogP contribution in [0, 0.1) is 0 Å². The van der Waals surface area contributed by atoms with E-state index >= 15 is 0 Å². The first-order valence-electron chi connectivity index (χ1n) is 7.49. The maximum Gasteiger partial charge on any atom is 0.408 e. The lowest BCUT2D eigenvalue weighted by Crippen LogP contribution is -2.42. The van der Waals surface area contributed by atoms with Gasteiger partial charge in [-0.05, 0) is 54.4 Å². The smallest absolute Gasteiger partial charge is 0.408 e. The molecule has 134 valence electrons. The van der Waals surface area contributed by atoms with E-state index in [-0.39, 0.29) is 0 Å². The van der Waals surface area contributed by atoms with E-state index < -0.39 is 34.5 Å². The van der Waals surface area contributed by atoms with Crippen molar-refractivity contribution in [2.45, 2.75) is 71.6 Å². The molecular formula is C15H28N2O5S. The molecule has 7 nitrogen and oxygen atoms in total. The maximum atomic E-state index is 11.7. The second-order valence-electron chi connectivity index (χ2n) is 7.11. The minimum Gasteiger partial charge on any atom is -0.444 e. The zero-order chi connectivity index (χ0) is 18.3. The van der Waals surface area contributed by atoms with Gasteiger partial charge in [0.05, 0.1) is 0 Å². The highest BCUT2D eigenvalue weighted by Gasteiger charge is 2.22. The largest absolute Gasteiger partial charge is 0.444 e. The molecule has 0 saturated carbocycles. The van der Waals surface area contributed by atoms with Crippen molar-refractivity contribution in [3.8, 4) is 0 Å². The molecule has 0 aromatic rings. The lowest BCUT2D eigenvalue weighted by atomic mass is 10.1. The Kier molecular flexibility index (Phi) is 8.44. The van der Waals surface area contributed by atoms with E-state index in [1.807, 2.05) is 0 Å². The quantitative estimate of drug-likeness (QED) is 0.507. The van der Waals surface area contributed by atoms with Crippen molar-refractivity contribution in [1.29, 1.82) is 0 Å². The van der Waals surface area contributed by atoms with E-state index in [1.54, 1.807) is 41.5 Å². The van der Waals surface area contributed by atoms with Crippen LogP contribution in [-0.4, -0.2) is 41.1 Å². The first kappa shape index (κ1) is 21.6. The number of alkyl carbamates (subject to hydrolysis) is 2. The van der Waals surface area contributed by atoms with Gasteiger partial charge >= 0.3 is 12.2 Å². The number of hydrogen-bond acceptors (Lipinski definition) is 5. The number of hydrogen-bond donors (Lipinski definition) is 3. The fourth-order valence-corrected chi connectivity index (χ4v) is 1.71. The molecule has 2 N–H and O–H groups in total. The first-order chi connectivity index (χ1) is 10.3. The van der Waals surface area contributed by atoms with E-state index in [4.69, 9.17) is 9.47 Å². The van der Waals surface area contributed by atoms with Gasteiger partial charge in [-0.2, -0.15) is 0 Å². The minimum atomic E-state index is -0.770. The molecule has 0 aliphatic heterocycles. The summed E-state index contributed by atoms with van der Waals surface area (Å²) in [6.45, 7) is 10.8. The highest BCUT2D eigenvalue weighted by Crippen LogP contribution is 2.09. The summed E-state index contributed by atoms with van der Waals surface area (Å²) in [7, 11) is 0. The third kappa shape index (κ3) is 12.8. The molecule has 0 heterocycles. The predicted octanol–water partition coefficient (Wildman–Crippen LogP) is 2.64. The van der Waals surface area contributed by atoms with Crippen molar-refractivity contribution in [2.75, 3.05) is 6.54 Å². The summed E-state index contributed by atoms with van der Waals surface area (Å²) in [5.41, 5.74) is -1.21. The molecule has 0 saturated heterocycles. The van der Waals surface area contributed by atoms with Crippen LogP contribution in [0.3, 0.4) is 0 Å². The lowest BCUT2D eigenvalue weighted by molar-refractivity contribution is -0.112. The second kappa shape index (κ2) is 9.00. The number of carbonyl (C=O) groups excluding carboxylic acids is 3. The number of nitrogens with one attached hydrogen (secondary N) is 2. The number of rotatable bonds is 6. The third-order valence-electron chi connectivity index (χ3n) is 2.33. The molecular weight excluding hydrogens is 320 g/mol. The van der Waals surface area contributed by atoms with Crippen molar-refractivity contribution in [3.63, 3.8) is 0 Å². The summed E-state index contributed by atoms with van der Waals surface area (Å²) in [5, 5.41) is 4.59. The molecule has 0 rings (SSSR count). The van der Waals surface area contributed by atoms with Crippen molar-refractivity contribution in [3.05, 3.63) is 0 Å². The normalized spacial score (nSPS) is 13.0. The Bertz CT molecular complexity index is 427. The summed E-state index contributed by atoms with van der Waals surface area (Å²) in [6, 6.07) is -0.770. The molecule has 8 heteroatoms. The van der Waals surface area contributed by atoms with Gasteiger partial charge in [-0.25, -0.2) is 9.59 Å². The molecule has 0 aromatic heterocycles. The number of amides is 2. The lowest BCUT2D eigenvalue weighted by Gasteiger charge is -2.22. The van der Waals surface area contributed by atoms with Crippen LogP contribution in [0.1, 0.15) is 54.4 Å². The van der Waals surface area contributed by atoms with Crippen molar-refractivity contribution >= 4 is 29.9 Å². The third-order valence-corrected chi connectivity index (χ3v) is 2.64. The fourth-order valence-electron chi connectivity index (χ4n) is 1.52. The molecule has 1 atom stereocenters. The van der Waals surface area contributed by atoms with Gasteiger partial charge in [-0.3, -0.25) is 4.79 Å². The van der Waals surface area contributed by atoms with Gasteiger partial charge < -0.3 is 20.1 Å². The SMILES string of the molecule is CC(C)(C)OC(=O)NCCC[C@H](NC(=O)OC(C)(C)C)C(=O)S. The van der Waals surface area contributed by atoms with Crippen LogP contribution in [0.4, 0.5) is 9.59 Å². The van der Waals surface area contributed by atoms with Crippen molar-refractivity contribution in [2.24, 2.45) is 0 Å². The molecule has 0 aliphatic rings. The van der Waals surface area contributed by atoms with E-state index in [0.717, 1.165) is 0 Å². The topological polar surface area (TPSA) is 93.7 Å². The second-order valence-corrected chi connectivity index (χ2v) is 7.55. The average molecular weight is 348 g/mol. The van der Waals surface area contributed by atoms with Gasteiger partial charge in [0.1, 0.15) is 17.2 Å². The summed E-state index contributed by atoms with van der Waals surface area (Å²) in [4.78, 5) is 34.6. The monoisotopic (exact) mass is 348 g/mol. The van der Waals surface area contributed by atoms with Gasteiger partial charge in [-0.15, -0.1) is 12.6 Å². The van der Waals surface area contributed by atoms with Crippen molar-refractivity contribution in [1.82, 2.24) is 10.6 Å². The first-order valence-corrected chi connectivity index (χ1v) is 7.94. The predicted molar refractivity (Wildman–Crippen MR) is 90.6 cm³/mol. The molecule has 2 amide bonds. The Hall–Kier alpha value is -1.44. The highest BCUT2D eigenvalue weighted by molar-refractivity contribution is 7.96. The van der Waals surface area contributed by atoms with Crippen LogP contribution in [0.15, 0.2) is 0 Å². The minimum absolute atomic E-state index is 0.322. The van der Waals surface area contributed by atoms with Crippen LogP contribution in [0.25, 0.3) is 0 Å². The van der Waals surface area contributed by atoms with Gasteiger partial charge in [0.2, 0.25) is 5.12 Å². The van der Waals surface area contributed by atoms with E-state index in [0.29, 0.717) is 19.4 Å². The summed E-state index contributed by atoms with van der Waals surface area (Å²) >= 11 is 3.76. The molecule has 0 radical (unpaired) electrons. The molecule has 0 unspecified atom stereocenters. The number of thiol groups is 1. The van der Waals surface area contributed by atoms with Crippen LogP contribution >= 0.6 is 12.6 Å². The summed E-state index contributed by atoms with van der Waals surface area (Å²) in [5.74, 6) is 0. The summed E-state index contributed by atoms with van der Waals surface area (Å²) in [6.07, 6.45) is -0.389. The van der Waals surface area contributed by atoms with Gasteiger partial charge in [0.25, 0.3) is 0 Å². The molecule has 0 aromatic carbocycles. The van der Waals surface area contributed by atoms with Crippen LogP contribution in [0.2, 0.25) is 0 Å². The standard InChI is InChI=1S/C15H28N2O5S/c1-14(2,3)21-12(19)16-9-7-8-10(11(18)23)17-13(20)22-15(4,5)6/h10H,7-9H2,1-6H3,(H,16,19)(H,17,20)(H,18,23)/t10-/m0/s1. The Morgan fingerprint density at radius 3 is 1.87 bits per heavy atom. The van der Waals surface area contributed by atoms with E-state index in [9.17, 15) is 14.4 Å². The Balaban J connectivity index is 4.19. The van der Waals surface area contributed by atoms with Gasteiger partial charge in [0.15, 0.2) is 0 Å². The highest BCUT2D eigenvalue weighted by atomic mass is 32.1. The molecule has 23 heavy (non-hydrogen) atoms. The summed E-state index contributed by atoms with van der Waals surface area (Å²) < 4.78 is 10.2. The van der Waals surface area contributed by atoms with E-state index in [1.165, 1.54) is 0 Å². The fraction of sp³-hybridized carbons (Fsp3) is 0.800. The molecule has 0 fully saturated rings. The van der Waals surface area contributed by atoms with Gasteiger partial charge in [-0.1, -0.05) is 0 Å². The van der Waals surface area contributed by atoms with Crippen LogP contribution in [-0.2, 0) is 14.3 Å². The van der Waals surface area contributed by atoms with Gasteiger partial charge in [0, 0.05) is 6.54 Å².